The molecule has 0 aromatic rings. The number of carbonyl (C=O) groups excluding carboxylic acids is 1. The highest BCUT2D eigenvalue weighted by Crippen LogP contribution is 2.46. The Morgan fingerprint density at radius 3 is 2.85 bits per heavy atom. The summed E-state index contributed by atoms with van der Waals surface area (Å²) < 4.78 is 5.94. The van der Waals surface area contributed by atoms with Crippen LogP contribution in [0.15, 0.2) is 17.3 Å². The molecule has 2 aliphatic rings. The summed E-state index contributed by atoms with van der Waals surface area (Å²) >= 11 is 0. The summed E-state index contributed by atoms with van der Waals surface area (Å²) in [5.41, 5.74) is 5.39. The summed E-state index contributed by atoms with van der Waals surface area (Å²) in [5, 5.41) is 9.49. The minimum atomic E-state index is -0.408. The maximum Gasteiger partial charge on any atom is 0.250 e. The first-order valence-corrected chi connectivity index (χ1v) is 6.97. The molecule has 3 atom stereocenters. The van der Waals surface area contributed by atoms with Crippen LogP contribution in [0.4, 0.5) is 0 Å². The van der Waals surface area contributed by atoms with E-state index in [1.807, 2.05) is 0 Å². The maximum absolute atomic E-state index is 12.2. The molecule has 2 aliphatic heterocycles. The van der Waals surface area contributed by atoms with E-state index in [9.17, 15) is 9.90 Å². The number of amidine groups is 1. The van der Waals surface area contributed by atoms with Crippen LogP contribution in [0.2, 0.25) is 0 Å². The fourth-order valence-corrected chi connectivity index (χ4v) is 3.22. The van der Waals surface area contributed by atoms with E-state index in [1.54, 1.807) is 17.2 Å². The van der Waals surface area contributed by atoms with Gasteiger partial charge in [0.1, 0.15) is 18.6 Å². The van der Waals surface area contributed by atoms with Gasteiger partial charge in [0.25, 0.3) is 0 Å². The fraction of sp³-hybridized carbons (Fsp3) is 0.714. The number of aliphatic hydroxyl groups is 1. The van der Waals surface area contributed by atoms with Crippen LogP contribution in [0.1, 0.15) is 27.2 Å². The topological polar surface area (TPSA) is 88.2 Å². The Labute approximate surface area is 119 Å². The lowest BCUT2D eigenvalue weighted by atomic mass is 9.75. The number of hydrogen-bond donors (Lipinski definition) is 2. The molecule has 2 rings (SSSR count). The minimum absolute atomic E-state index is 0.0232. The van der Waals surface area contributed by atoms with E-state index >= 15 is 0 Å². The lowest BCUT2D eigenvalue weighted by molar-refractivity contribution is -0.144. The quantitative estimate of drug-likeness (QED) is 0.787. The van der Waals surface area contributed by atoms with Crippen molar-refractivity contribution in [1.82, 2.24) is 4.90 Å². The van der Waals surface area contributed by atoms with Gasteiger partial charge in [0.15, 0.2) is 0 Å². The molecule has 0 aliphatic carbocycles. The summed E-state index contributed by atoms with van der Waals surface area (Å²) in [6.07, 6.45) is 3.47. The average molecular weight is 281 g/mol. The number of ether oxygens (including phenoxy) is 1. The van der Waals surface area contributed by atoms with E-state index in [2.05, 4.69) is 25.8 Å². The van der Waals surface area contributed by atoms with E-state index in [-0.39, 0.29) is 36.5 Å². The molecule has 112 valence electrons. The Bertz CT molecular complexity index is 445. The Morgan fingerprint density at radius 1 is 1.60 bits per heavy atom. The molecule has 20 heavy (non-hydrogen) atoms. The van der Waals surface area contributed by atoms with Crippen molar-refractivity contribution in [3.63, 3.8) is 0 Å². The molecule has 1 amide bonds. The third-order valence-electron chi connectivity index (χ3n) is 4.31. The first-order chi connectivity index (χ1) is 9.41. The molecule has 6 heteroatoms. The van der Waals surface area contributed by atoms with Crippen molar-refractivity contribution in [2.24, 2.45) is 22.1 Å². The van der Waals surface area contributed by atoms with Gasteiger partial charge in [-0.25, -0.2) is 0 Å². The lowest BCUT2D eigenvalue weighted by Crippen LogP contribution is -2.45. The van der Waals surface area contributed by atoms with Gasteiger partial charge in [-0.05, 0) is 12.0 Å². The van der Waals surface area contributed by atoms with Crippen molar-refractivity contribution in [2.75, 3.05) is 13.2 Å². The largest absolute Gasteiger partial charge is 0.394 e. The predicted molar refractivity (Wildman–Crippen MR) is 75.8 cm³/mol. The van der Waals surface area contributed by atoms with Gasteiger partial charge in [-0.3, -0.25) is 14.7 Å². The van der Waals surface area contributed by atoms with Gasteiger partial charge in [-0.1, -0.05) is 27.2 Å². The van der Waals surface area contributed by atoms with E-state index < -0.39 is 6.23 Å². The zero-order valence-electron chi connectivity index (χ0n) is 12.2. The number of rotatable bonds is 3. The third-order valence-corrected chi connectivity index (χ3v) is 4.31. The van der Waals surface area contributed by atoms with Gasteiger partial charge in [0, 0.05) is 11.6 Å². The van der Waals surface area contributed by atoms with Crippen molar-refractivity contribution in [2.45, 2.75) is 39.5 Å². The molecule has 0 bridgehead atoms. The van der Waals surface area contributed by atoms with Gasteiger partial charge >= 0.3 is 0 Å². The van der Waals surface area contributed by atoms with Gasteiger partial charge in [0.2, 0.25) is 5.91 Å². The van der Waals surface area contributed by atoms with E-state index in [1.165, 1.54) is 0 Å². The summed E-state index contributed by atoms with van der Waals surface area (Å²) in [6.45, 7) is 6.19. The Balaban J connectivity index is 2.28. The van der Waals surface area contributed by atoms with E-state index in [4.69, 9.17) is 10.5 Å². The van der Waals surface area contributed by atoms with Crippen LogP contribution in [0.3, 0.4) is 0 Å². The normalized spacial score (nSPS) is 33.2. The first kappa shape index (κ1) is 15.0. The van der Waals surface area contributed by atoms with Gasteiger partial charge < -0.3 is 15.6 Å². The summed E-state index contributed by atoms with van der Waals surface area (Å²) in [7, 11) is 0. The van der Waals surface area contributed by atoms with Crippen LogP contribution in [-0.4, -0.2) is 47.2 Å². The van der Waals surface area contributed by atoms with Crippen LogP contribution < -0.4 is 5.73 Å². The second-order valence-electron chi connectivity index (χ2n) is 5.90. The number of nitrogens with zero attached hydrogens (tertiary/aromatic N) is 2. The Hall–Kier alpha value is -1.40. The smallest absolute Gasteiger partial charge is 0.250 e. The van der Waals surface area contributed by atoms with Crippen LogP contribution >= 0.6 is 0 Å². The lowest BCUT2D eigenvalue weighted by Gasteiger charge is -2.36. The highest BCUT2D eigenvalue weighted by molar-refractivity contribution is 5.95. The van der Waals surface area contributed by atoms with Crippen LogP contribution in [-0.2, 0) is 9.53 Å². The zero-order chi connectivity index (χ0) is 14.9. The standard InChI is InChI=1S/C14H23N3O3/c1-4-9-10(8-18)20-13(14(9,2)3)17-6-5-11(15)16-7-12(17)19/h5-6,9-10,13,18H,4,7-8H2,1-3H3,(H2,15,16)/t9-,10-,13?/m1/s1. The highest BCUT2D eigenvalue weighted by atomic mass is 16.5. The van der Waals surface area contributed by atoms with Crippen molar-refractivity contribution >= 4 is 11.7 Å². The molecule has 0 aromatic heterocycles. The molecule has 0 radical (unpaired) electrons. The molecule has 1 unspecified atom stereocenters. The summed E-state index contributed by atoms with van der Waals surface area (Å²) in [5.74, 6) is 0.385. The molecule has 6 nitrogen and oxygen atoms in total. The SMILES string of the molecule is CC[C@@H]1[C@@H](CO)OC(N2C=CC(N)=NCC2=O)C1(C)C. The van der Waals surface area contributed by atoms with Gasteiger partial charge in [-0.2, -0.15) is 0 Å². The number of aliphatic imine (C=N–C) groups is 1. The number of hydrogen-bond acceptors (Lipinski definition) is 5. The monoisotopic (exact) mass is 281 g/mol. The molecule has 0 saturated carbocycles. The molecule has 2 heterocycles. The molecule has 0 aromatic carbocycles. The van der Waals surface area contributed by atoms with Crippen LogP contribution in [0.5, 0.6) is 0 Å². The van der Waals surface area contributed by atoms with E-state index in [0.29, 0.717) is 5.84 Å². The van der Waals surface area contributed by atoms with Crippen LogP contribution in [0.25, 0.3) is 0 Å². The van der Waals surface area contributed by atoms with Crippen molar-refractivity contribution in [3.05, 3.63) is 12.3 Å². The Morgan fingerprint density at radius 2 is 2.30 bits per heavy atom. The zero-order valence-corrected chi connectivity index (χ0v) is 12.2. The highest BCUT2D eigenvalue weighted by Gasteiger charge is 2.52. The molecular weight excluding hydrogens is 258 g/mol. The molecular formula is C14H23N3O3. The maximum atomic E-state index is 12.2. The third kappa shape index (κ3) is 2.45. The Kier molecular flexibility index (Phi) is 4.15. The van der Waals surface area contributed by atoms with Crippen molar-refractivity contribution in [3.8, 4) is 0 Å². The van der Waals surface area contributed by atoms with E-state index in [0.717, 1.165) is 6.42 Å². The van der Waals surface area contributed by atoms with Crippen molar-refractivity contribution < 1.29 is 14.6 Å². The van der Waals surface area contributed by atoms with Crippen molar-refractivity contribution in [1.29, 1.82) is 0 Å². The summed E-state index contributed by atoms with van der Waals surface area (Å²) in [6, 6.07) is 0. The fourth-order valence-electron chi connectivity index (χ4n) is 3.22. The minimum Gasteiger partial charge on any atom is -0.394 e. The molecule has 1 saturated heterocycles. The first-order valence-electron chi connectivity index (χ1n) is 6.97. The number of nitrogens with two attached hydrogens (primary N) is 1. The number of aliphatic hydroxyl groups excluding tert-OH is 1. The predicted octanol–water partition coefficient (Wildman–Crippen LogP) is 0.469. The second kappa shape index (κ2) is 5.54. The molecule has 0 spiro atoms. The second-order valence-corrected chi connectivity index (χ2v) is 5.90. The average Bonchev–Trinajstić information content (AvgIpc) is 2.55. The number of amides is 1. The molecule has 1 fully saturated rings. The number of carbonyl (C=O) groups is 1. The van der Waals surface area contributed by atoms with Gasteiger partial charge in [-0.15, -0.1) is 0 Å². The van der Waals surface area contributed by atoms with Crippen LogP contribution in [0, 0.1) is 11.3 Å². The molecule has 3 N–H and O–H groups in total. The van der Waals surface area contributed by atoms with Gasteiger partial charge in [0.05, 0.1) is 12.7 Å². The summed E-state index contributed by atoms with van der Waals surface area (Å²) in [4.78, 5) is 17.7.